The molecule has 3 atom stereocenters. The van der Waals surface area contributed by atoms with E-state index in [1.54, 1.807) is 41.5 Å². The van der Waals surface area contributed by atoms with Crippen LogP contribution in [0.3, 0.4) is 0 Å². The van der Waals surface area contributed by atoms with Crippen LogP contribution in [0.25, 0.3) is 11.3 Å². The van der Waals surface area contributed by atoms with Crippen molar-refractivity contribution in [2.45, 2.75) is 99.1 Å². The van der Waals surface area contributed by atoms with E-state index in [2.05, 4.69) is 16.0 Å². The van der Waals surface area contributed by atoms with Crippen LogP contribution in [0.2, 0.25) is 0 Å². The Balaban J connectivity index is 2.19. The third-order valence-electron chi connectivity index (χ3n) is 8.66. The van der Waals surface area contributed by atoms with Crippen molar-refractivity contribution >= 4 is 48.0 Å². The molecule has 19 heteroatoms. The predicted molar refractivity (Wildman–Crippen MR) is 207 cm³/mol. The minimum Gasteiger partial charge on any atom is -0.493 e. The average molecular weight is 833 g/mol. The third-order valence-corrected chi connectivity index (χ3v) is 8.66. The van der Waals surface area contributed by atoms with Crippen LogP contribution < -0.4 is 20.7 Å². The normalized spacial score (nSPS) is 12.4. The minimum atomic E-state index is -1.64. The lowest BCUT2D eigenvalue weighted by molar-refractivity contribution is -0.175. The van der Waals surface area contributed by atoms with Gasteiger partial charge < -0.3 is 44.1 Å². The molecule has 2 aromatic rings. The van der Waals surface area contributed by atoms with Crippen molar-refractivity contribution in [3.63, 3.8) is 0 Å². The fourth-order valence-corrected chi connectivity index (χ4v) is 5.42. The first-order valence-electron chi connectivity index (χ1n) is 19.4. The Morgan fingerprint density at radius 3 is 2.05 bits per heavy atom. The van der Waals surface area contributed by atoms with Gasteiger partial charge in [0.15, 0.2) is 5.76 Å². The van der Waals surface area contributed by atoms with Crippen LogP contribution in [-0.2, 0) is 47.7 Å². The predicted octanol–water partition coefficient (Wildman–Crippen LogP) is 3.86. The summed E-state index contributed by atoms with van der Waals surface area (Å²) in [5, 5.41) is 18.1. The zero-order valence-corrected chi connectivity index (χ0v) is 34.5. The van der Waals surface area contributed by atoms with Gasteiger partial charge in [0.1, 0.15) is 17.6 Å². The fourth-order valence-electron chi connectivity index (χ4n) is 5.42. The Labute approximate surface area is 342 Å². The summed E-state index contributed by atoms with van der Waals surface area (Å²) in [5.74, 6) is -6.94. The summed E-state index contributed by atoms with van der Waals surface area (Å²) in [5.41, 5.74) is 0.332. The van der Waals surface area contributed by atoms with Crippen LogP contribution >= 0.6 is 0 Å². The Hall–Kier alpha value is -5.98. The molecule has 326 valence electrons. The molecule has 0 aliphatic heterocycles. The lowest BCUT2D eigenvalue weighted by Crippen LogP contribution is -2.47. The molecule has 0 spiro atoms. The molecule has 0 radical (unpaired) electrons. The summed E-state index contributed by atoms with van der Waals surface area (Å²) in [6.45, 7) is 10.1. The highest BCUT2D eigenvalue weighted by Gasteiger charge is 2.31. The highest BCUT2D eigenvalue weighted by molar-refractivity contribution is 6.00. The third kappa shape index (κ3) is 16.1. The number of carbonyl (C=O) groups is 8. The number of furan rings is 1. The first-order chi connectivity index (χ1) is 28.1. The van der Waals surface area contributed by atoms with E-state index in [9.17, 15) is 43.6 Å². The molecule has 4 N–H and O–H groups in total. The summed E-state index contributed by atoms with van der Waals surface area (Å²) in [6, 6.07) is 4.84. The molecule has 1 aromatic carbocycles. The van der Waals surface area contributed by atoms with E-state index in [0.717, 1.165) is 12.8 Å². The quantitative estimate of drug-likeness (QED) is 0.0262. The number of nitrogens with zero attached hydrogens (tertiary/aromatic N) is 1. The van der Waals surface area contributed by atoms with E-state index in [1.165, 1.54) is 30.3 Å². The van der Waals surface area contributed by atoms with Crippen LogP contribution in [0, 0.1) is 17.8 Å². The second-order valence-corrected chi connectivity index (χ2v) is 13.8. The van der Waals surface area contributed by atoms with Crippen LogP contribution in [0.5, 0.6) is 5.75 Å². The molecule has 0 aliphatic rings. The van der Waals surface area contributed by atoms with Gasteiger partial charge in [0.05, 0.1) is 49.1 Å². The van der Waals surface area contributed by atoms with E-state index >= 15 is 0 Å². The van der Waals surface area contributed by atoms with Gasteiger partial charge in [0.25, 0.3) is 11.8 Å². The molecule has 3 unspecified atom stereocenters. The van der Waals surface area contributed by atoms with Crippen LogP contribution in [-0.4, -0.2) is 97.2 Å². The maximum atomic E-state index is 13.5. The molecule has 0 aliphatic carbocycles. The second kappa shape index (κ2) is 25.4. The molecule has 0 saturated carbocycles. The summed E-state index contributed by atoms with van der Waals surface area (Å²) in [4.78, 5) is 99.9. The molecule has 19 nitrogen and oxygen atoms in total. The number of hydrogen-bond acceptors (Lipinski definition) is 15. The van der Waals surface area contributed by atoms with Crippen molar-refractivity contribution in [2.75, 3.05) is 26.9 Å². The Bertz CT molecular complexity index is 1740. The van der Waals surface area contributed by atoms with Crippen molar-refractivity contribution in [2.24, 2.45) is 17.8 Å². The SMILES string of the molecule is CCCCCC(C(=O)NCNC(=O)c1ccc(-c2ccc(C(=O)NC(CC(=O)OCOC(=O)C(C)C)C(=O)OCOC(=O)C(C)C)c(OCC)c2)o1)C(CC)N(O)C=O. The number of ether oxygens (including phenoxy) is 5. The second-order valence-electron chi connectivity index (χ2n) is 13.8. The topological polar surface area (TPSA) is 255 Å². The molecule has 59 heavy (non-hydrogen) atoms. The highest BCUT2D eigenvalue weighted by Crippen LogP contribution is 2.29. The summed E-state index contributed by atoms with van der Waals surface area (Å²) >= 11 is 0. The number of hydrogen-bond donors (Lipinski definition) is 4. The molecular formula is C40H56N4O15. The van der Waals surface area contributed by atoms with Crippen molar-refractivity contribution in [1.29, 1.82) is 0 Å². The van der Waals surface area contributed by atoms with Crippen LogP contribution in [0.1, 0.15) is 108 Å². The van der Waals surface area contributed by atoms with E-state index in [4.69, 9.17) is 28.1 Å². The van der Waals surface area contributed by atoms with Gasteiger partial charge in [0, 0.05) is 5.56 Å². The van der Waals surface area contributed by atoms with Gasteiger partial charge in [-0.1, -0.05) is 66.9 Å². The number of unbranched alkanes of at least 4 members (excludes halogenated alkanes) is 2. The zero-order chi connectivity index (χ0) is 44.1. The van der Waals surface area contributed by atoms with Gasteiger partial charge in [-0.2, -0.15) is 0 Å². The smallest absolute Gasteiger partial charge is 0.332 e. The maximum absolute atomic E-state index is 13.5. The van der Waals surface area contributed by atoms with Gasteiger partial charge in [-0.05, 0) is 44.0 Å². The van der Waals surface area contributed by atoms with Gasteiger partial charge in [-0.3, -0.25) is 38.8 Å². The standard InChI is InChI=1S/C40H56N4O15/c1-8-11-12-13-27(30(9-2)44(53)21-45)35(47)41-20-42-37(49)32-17-16-31(59-32)26-14-15-28(33(18-26)54-10-3)36(48)43-29(40(52)58-23-57-39(51)25(6)7)19-34(46)55-22-56-38(50)24(4)5/h14-18,21,24-25,27,29-30,53H,8-13,19-20,22-23H2,1-7H3,(H,41,47)(H,42,49)(H,43,48). The zero-order valence-electron chi connectivity index (χ0n) is 34.5. The van der Waals surface area contributed by atoms with E-state index in [1.807, 2.05) is 6.92 Å². The van der Waals surface area contributed by atoms with Crippen LogP contribution in [0.15, 0.2) is 34.7 Å². The summed E-state index contributed by atoms with van der Waals surface area (Å²) < 4.78 is 31.1. The Morgan fingerprint density at radius 1 is 0.814 bits per heavy atom. The molecule has 1 heterocycles. The molecule has 1 aromatic heterocycles. The number of nitrogens with one attached hydrogen (secondary N) is 3. The molecule has 0 bridgehead atoms. The number of amides is 4. The molecule has 2 rings (SSSR count). The number of hydroxylamine groups is 2. The van der Waals surface area contributed by atoms with Crippen molar-refractivity contribution in [3.05, 3.63) is 41.7 Å². The lowest BCUT2D eigenvalue weighted by Gasteiger charge is -2.29. The minimum absolute atomic E-state index is 0.0451. The van der Waals surface area contributed by atoms with Crippen molar-refractivity contribution < 1.29 is 71.7 Å². The van der Waals surface area contributed by atoms with Gasteiger partial charge in [-0.15, -0.1) is 0 Å². The number of benzene rings is 1. The Kier molecular flexibility index (Phi) is 21.2. The first-order valence-corrected chi connectivity index (χ1v) is 19.4. The highest BCUT2D eigenvalue weighted by atomic mass is 16.7. The van der Waals surface area contributed by atoms with Crippen LogP contribution in [0.4, 0.5) is 0 Å². The average Bonchev–Trinajstić information content (AvgIpc) is 3.70. The van der Waals surface area contributed by atoms with Gasteiger partial charge in [0.2, 0.25) is 25.9 Å². The van der Waals surface area contributed by atoms with Gasteiger partial charge in [-0.25, -0.2) is 9.86 Å². The Morgan fingerprint density at radius 2 is 1.46 bits per heavy atom. The number of esters is 4. The fraction of sp³-hybridized carbons (Fsp3) is 0.550. The summed E-state index contributed by atoms with van der Waals surface area (Å²) in [6.07, 6.45) is 2.76. The monoisotopic (exact) mass is 832 g/mol. The molecule has 0 fully saturated rings. The summed E-state index contributed by atoms with van der Waals surface area (Å²) in [7, 11) is 0. The van der Waals surface area contributed by atoms with E-state index in [-0.39, 0.29) is 42.5 Å². The van der Waals surface area contributed by atoms with Crippen molar-refractivity contribution in [1.82, 2.24) is 21.0 Å². The molecular weight excluding hydrogens is 776 g/mol. The van der Waals surface area contributed by atoms with E-state index < -0.39 is 91.4 Å². The molecule has 0 saturated heterocycles. The largest absolute Gasteiger partial charge is 0.493 e. The van der Waals surface area contributed by atoms with Gasteiger partial charge >= 0.3 is 23.9 Å². The number of rotatable bonds is 26. The van der Waals surface area contributed by atoms with Crippen molar-refractivity contribution in [3.8, 4) is 17.1 Å². The maximum Gasteiger partial charge on any atom is 0.332 e. The number of carbonyl (C=O) groups excluding carboxylic acids is 8. The van der Waals surface area contributed by atoms with E-state index in [0.29, 0.717) is 29.9 Å². The first kappa shape index (κ1) is 49.2. The lowest BCUT2D eigenvalue weighted by atomic mass is 9.90. The molecule has 4 amide bonds.